The summed E-state index contributed by atoms with van der Waals surface area (Å²) in [6.07, 6.45) is -0.0897. The normalized spacial score (nSPS) is 14.9. The van der Waals surface area contributed by atoms with E-state index in [0.29, 0.717) is 16.2 Å². The Morgan fingerprint density at radius 2 is 1.70 bits per heavy atom. The minimum Gasteiger partial charge on any atom is -0.497 e. The molecule has 2 amide bonds. The second-order valence-corrected chi connectivity index (χ2v) is 9.20. The number of aromatic carboxylic acids is 1. The lowest BCUT2D eigenvalue weighted by atomic mass is 10.1. The smallest absolute Gasteiger partial charge is 0.338 e. The van der Waals surface area contributed by atoms with Crippen LogP contribution in [0.2, 0.25) is 0 Å². The van der Waals surface area contributed by atoms with Gasteiger partial charge in [-0.05, 0) is 48.5 Å². The largest absolute Gasteiger partial charge is 0.497 e. The standard InChI is InChI=1S/C27H21NO8S/c1-35-19-6-4-5-17(13-19)21(29)15-36-27(34)16-9-11-18(12-10-16)28-24(30)14-23(25(28)31)37-22-8-3-2-7-20(22)26(32)33/h2-13,23H,14-15H2,1H3,(H,32,33). The summed E-state index contributed by atoms with van der Waals surface area (Å²) in [6, 6.07) is 18.4. The number of hydrogen-bond acceptors (Lipinski definition) is 8. The maximum absolute atomic E-state index is 13.0. The van der Waals surface area contributed by atoms with E-state index >= 15 is 0 Å². The first-order valence-electron chi connectivity index (χ1n) is 11.1. The molecule has 1 fully saturated rings. The van der Waals surface area contributed by atoms with E-state index in [4.69, 9.17) is 9.47 Å². The Hall–Kier alpha value is -4.44. The van der Waals surface area contributed by atoms with Crippen LogP contribution in [0.25, 0.3) is 0 Å². The molecule has 188 valence electrons. The van der Waals surface area contributed by atoms with Crippen molar-refractivity contribution in [3.05, 3.63) is 89.5 Å². The van der Waals surface area contributed by atoms with Crippen LogP contribution in [0, 0.1) is 0 Å². The summed E-state index contributed by atoms with van der Waals surface area (Å²) < 4.78 is 10.2. The molecule has 1 atom stereocenters. The fraction of sp³-hybridized carbons (Fsp3) is 0.148. The number of thioether (sulfide) groups is 1. The lowest BCUT2D eigenvalue weighted by molar-refractivity contribution is -0.121. The summed E-state index contributed by atoms with van der Waals surface area (Å²) in [7, 11) is 1.48. The number of rotatable bonds is 9. The summed E-state index contributed by atoms with van der Waals surface area (Å²) in [4.78, 5) is 63.2. The highest BCUT2D eigenvalue weighted by Gasteiger charge is 2.40. The van der Waals surface area contributed by atoms with Crippen molar-refractivity contribution in [1.29, 1.82) is 0 Å². The van der Waals surface area contributed by atoms with Crippen LogP contribution in [-0.4, -0.2) is 53.6 Å². The molecule has 0 bridgehead atoms. The third-order valence-corrected chi connectivity index (χ3v) is 6.84. The number of amides is 2. The van der Waals surface area contributed by atoms with Crippen molar-refractivity contribution < 1.29 is 38.6 Å². The number of carbonyl (C=O) groups is 5. The van der Waals surface area contributed by atoms with Gasteiger partial charge < -0.3 is 14.6 Å². The molecule has 0 saturated carbocycles. The van der Waals surface area contributed by atoms with Crippen molar-refractivity contribution in [2.24, 2.45) is 0 Å². The number of imide groups is 1. The predicted molar refractivity (Wildman–Crippen MR) is 134 cm³/mol. The van der Waals surface area contributed by atoms with E-state index in [1.54, 1.807) is 42.5 Å². The monoisotopic (exact) mass is 519 g/mol. The molecule has 0 radical (unpaired) electrons. The van der Waals surface area contributed by atoms with E-state index in [0.717, 1.165) is 16.7 Å². The van der Waals surface area contributed by atoms with Crippen LogP contribution in [0.1, 0.15) is 37.5 Å². The number of carboxylic acids is 1. The van der Waals surface area contributed by atoms with Gasteiger partial charge in [0, 0.05) is 16.9 Å². The summed E-state index contributed by atoms with van der Waals surface area (Å²) in [5, 5.41) is 8.59. The van der Waals surface area contributed by atoms with E-state index in [2.05, 4.69) is 0 Å². The average Bonchev–Trinajstić information content (AvgIpc) is 3.19. The second kappa shape index (κ2) is 11.1. The summed E-state index contributed by atoms with van der Waals surface area (Å²) in [6.45, 7) is -0.465. The van der Waals surface area contributed by atoms with Crippen LogP contribution in [0.5, 0.6) is 5.75 Å². The van der Waals surface area contributed by atoms with Crippen LogP contribution >= 0.6 is 11.8 Å². The highest BCUT2D eigenvalue weighted by Crippen LogP contribution is 2.35. The first-order valence-corrected chi connectivity index (χ1v) is 12.0. The van der Waals surface area contributed by atoms with Gasteiger partial charge in [-0.3, -0.25) is 14.4 Å². The average molecular weight is 520 g/mol. The summed E-state index contributed by atoms with van der Waals surface area (Å²) >= 11 is 1.03. The first-order chi connectivity index (χ1) is 17.8. The van der Waals surface area contributed by atoms with Gasteiger partial charge in [-0.15, -0.1) is 11.8 Å². The van der Waals surface area contributed by atoms with Crippen molar-refractivity contribution in [2.45, 2.75) is 16.6 Å². The van der Waals surface area contributed by atoms with Gasteiger partial charge >= 0.3 is 11.9 Å². The van der Waals surface area contributed by atoms with Crippen molar-refractivity contribution in [3.63, 3.8) is 0 Å². The lowest BCUT2D eigenvalue weighted by Gasteiger charge is -2.15. The lowest BCUT2D eigenvalue weighted by Crippen LogP contribution is -2.31. The second-order valence-electron chi connectivity index (χ2n) is 7.96. The number of benzene rings is 3. The van der Waals surface area contributed by atoms with Crippen LogP contribution in [0.4, 0.5) is 5.69 Å². The zero-order valence-corrected chi connectivity index (χ0v) is 20.4. The Bertz CT molecular complexity index is 1390. The number of nitrogens with zero attached hydrogens (tertiary/aromatic N) is 1. The van der Waals surface area contributed by atoms with E-state index < -0.39 is 41.4 Å². The van der Waals surface area contributed by atoms with E-state index in [9.17, 15) is 29.1 Å². The van der Waals surface area contributed by atoms with Crippen LogP contribution < -0.4 is 9.64 Å². The van der Waals surface area contributed by atoms with Gasteiger partial charge in [-0.2, -0.15) is 0 Å². The maximum Gasteiger partial charge on any atom is 0.338 e. The van der Waals surface area contributed by atoms with Crippen molar-refractivity contribution in [3.8, 4) is 5.75 Å². The number of carboxylic acid groups (broad SMARTS) is 1. The molecular formula is C27H21NO8S. The Kier molecular flexibility index (Phi) is 7.69. The van der Waals surface area contributed by atoms with Gasteiger partial charge in [-0.25, -0.2) is 14.5 Å². The van der Waals surface area contributed by atoms with Crippen molar-refractivity contribution in [2.75, 3.05) is 18.6 Å². The van der Waals surface area contributed by atoms with Gasteiger partial charge in [0.15, 0.2) is 12.4 Å². The van der Waals surface area contributed by atoms with Gasteiger partial charge in [-0.1, -0.05) is 24.3 Å². The molecule has 0 aromatic heterocycles. The Labute approximate surface area is 216 Å². The Balaban J connectivity index is 1.40. The highest BCUT2D eigenvalue weighted by molar-refractivity contribution is 8.00. The third-order valence-electron chi connectivity index (χ3n) is 5.58. The molecule has 1 heterocycles. The van der Waals surface area contributed by atoms with Crippen molar-refractivity contribution >= 4 is 47.0 Å². The number of ketones is 1. The number of esters is 1. The van der Waals surface area contributed by atoms with Gasteiger partial charge in [0.1, 0.15) is 5.75 Å². The molecular weight excluding hydrogens is 498 g/mol. The number of anilines is 1. The van der Waals surface area contributed by atoms with Crippen LogP contribution in [0.3, 0.4) is 0 Å². The molecule has 37 heavy (non-hydrogen) atoms. The minimum atomic E-state index is -1.12. The maximum atomic E-state index is 13.0. The highest BCUT2D eigenvalue weighted by atomic mass is 32.2. The zero-order chi connectivity index (χ0) is 26.5. The Morgan fingerprint density at radius 3 is 2.41 bits per heavy atom. The number of hydrogen-bond donors (Lipinski definition) is 1. The molecule has 1 unspecified atom stereocenters. The quantitative estimate of drug-likeness (QED) is 0.255. The summed E-state index contributed by atoms with van der Waals surface area (Å²) in [5.41, 5.74) is 0.808. The molecule has 1 saturated heterocycles. The SMILES string of the molecule is COc1cccc(C(=O)COC(=O)c2ccc(N3C(=O)CC(Sc4ccccc4C(=O)O)C3=O)cc2)c1. The third kappa shape index (κ3) is 5.70. The van der Waals surface area contributed by atoms with Gasteiger partial charge in [0.25, 0.3) is 0 Å². The number of methoxy groups -OCH3 is 1. The molecule has 9 nitrogen and oxygen atoms in total. The summed E-state index contributed by atoms with van der Waals surface area (Å²) in [5.74, 6) is -2.66. The molecule has 0 spiro atoms. The van der Waals surface area contributed by atoms with Crippen LogP contribution in [-0.2, 0) is 14.3 Å². The van der Waals surface area contributed by atoms with Crippen LogP contribution in [0.15, 0.2) is 77.7 Å². The topological polar surface area (TPSA) is 127 Å². The van der Waals surface area contributed by atoms with Gasteiger partial charge in [0.2, 0.25) is 11.8 Å². The molecule has 4 rings (SSSR count). The number of carbonyl (C=O) groups excluding carboxylic acids is 4. The van der Waals surface area contributed by atoms with Gasteiger partial charge in [0.05, 0.1) is 29.2 Å². The molecule has 0 aliphatic carbocycles. The predicted octanol–water partition coefficient (Wildman–Crippen LogP) is 3.86. The Morgan fingerprint density at radius 1 is 0.973 bits per heavy atom. The fourth-order valence-corrected chi connectivity index (χ4v) is 4.89. The van der Waals surface area contributed by atoms with E-state index in [-0.39, 0.29) is 23.2 Å². The number of Topliss-reactive ketones (excluding diaryl/α,β-unsaturated/α-hetero) is 1. The fourth-order valence-electron chi connectivity index (χ4n) is 3.71. The molecule has 10 heteroatoms. The molecule has 3 aromatic rings. The molecule has 1 aliphatic heterocycles. The minimum absolute atomic E-state index is 0.0546. The zero-order valence-electron chi connectivity index (χ0n) is 19.6. The molecule has 1 N–H and O–H groups in total. The first kappa shape index (κ1) is 25.6. The van der Waals surface area contributed by atoms with E-state index in [1.165, 1.54) is 37.4 Å². The molecule has 3 aromatic carbocycles. The van der Waals surface area contributed by atoms with E-state index in [1.807, 2.05) is 0 Å². The van der Waals surface area contributed by atoms with Crippen molar-refractivity contribution in [1.82, 2.24) is 0 Å². The molecule has 1 aliphatic rings. The number of ether oxygens (including phenoxy) is 2.